The Hall–Kier alpha value is -1.40. The van der Waals surface area contributed by atoms with Gasteiger partial charge in [0.05, 0.1) is 12.5 Å². The number of aryl methyl sites for hydroxylation is 1. The quantitative estimate of drug-likeness (QED) is 0.889. The van der Waals surface area contributed by atoms with Crippen LogP contribution in [0.25, 0.3) is 0 Å². The first-order valence-corrected chi connectivity index (χ1v) is 8.48. The third-order valence-corrected chi connectivity index (χ3v) is 4.97. The van der Waals surface area contributed by atoms with Crippen LogP contribution < -0.4 is 4.74 Å². The highest BCUT2D eigenvalue weighted by molar-refractivity contribution is 7.99. The number of carboxylic acids is 1. The number of ether oxygens (including phenoxy) is 1. The van der Waals surface area contributed by atoms with Crippen molar-refractivity contribution in [1.29, 1.82) is 0 Å². The van der Waals surface area contributed by atoms with Crippen molar-refractivity contribution in [2.75, 3.05) is 24.7 Å². The molecule has 5 nitrogen and oxygen atoms in total. The molecule has 2 rings (SSSR count). The maximum atomic E-state index is 12.3. The number of halogens is 1. The van der Waals surface area contributed by atoms with Gasteiger partial charge in [0.2, 0.25) is 0 Å². The maximum absolute atomic E-state index is 12.3. The van der Waals surface area contributed by atoms with Crippen molar-refractivity contribution in [3.63, 3.8) is 0 Å². The van der Waals surface area contributed by atoms with Crippen LogP contribution in [0.4, 0.5) is 0 Å². The molecule has 1 heterocycles. The van der Waals surface area contributed by atoms with E-state index in [1.807, 2.05) is 6.92 Å². The molecule has 0 aromatic heterocycles. The van der Waals surface area contributed by atoms with Crippen molar-refractivity contribution < 1.29 is 19.4 Å². The second kappa shape index (κ2) is 7.74. The molecule has 1 aromatic carbocycles. The topological polar surface area (TPSA) is 66.8 Å². The molecule has 1 atom stereocenters. The smallest absolute Gasteiger partial charge is 0.305 e. The summed E-state index contributed by atoms with van der Waals surface area (Å²) in [5.41, 5.74) is 0.879. The van der Waals surface area contributed by atoms with Crippen molar-refractivity contribution >= 4 is 35.2 Å². The van der Waals surface area contributed by atoms with Gasteiger partial charge in [-0.05, 0) is 30.7 Å². The van der Waals surface area contributed by atoms with Gasteiger partial charge in [-0.15, -0.1) is 0 Å². The molecule has 0 bridgehead atoms. The van der Waals surface area contributed by atoms with Gasteiger partial charge in [-0.25, -0.2) is 0 Å². The average molecular weight is 344 g/mol. The Morgan fingerprint density at radius 1 is 1.50 bits per heavy atom. The van der Waals surface area contributed by atoms with Crippen molar-refractivity contribution in [2.45, 2.75) is 19.4 Å². The average Bonchev–Trinajstić information content (AvgIpc) is 2.48. The number of amides is 1. The summed E-state index contributed by atoms with van der Waals surface area (Å²) in [4.78, 5) is 24.8. The highest BCUT2D eigenvalue weighted by Crippen LogP contribution is 2.22. The number of aliphatic carboxylic acids is 1. The summed E-state index contributed by atoms with van der Waals surface area (Å²) in [6.45, 7) is 2.33. The number of carbonyl (C=O) groups excluding carboxylic acids is 1. The molecule has 1 N–H and O–H groups in total. The number of rotatable bonds is 5. The summed E-state index contributed by atoms with van der Waals surface area (Å²) in [6.07, 6.45) is -0.0290. The third kappa shape index (κ3) is 4.55. The molecule has 0 aliphatic carbocycles. The van der Waals surface area contributed by atoms with E-state index in [1.165, 1.54) is 0 Å². The molecule has 0 saturated carbocycles. The summed E-state index contributed by atoms with van der Waals surface area (Å²) in [6, 6.07) is 4.95. The standard InChI is InChI=1S/C15H18ClNO4S/c1-10-6-12(2-3-13(10)16)21-8-14(18)17-4-5-22-9-11(17)7-15(19)20/h2-3,6,11H,4-5,7-9H2,1H3,(H,19,20). The third-order valence-electron chi connectivity index (χ3n) is 3.45. The fourth-order valence-electron chi connectivity index (χ4n) is 2.29. The first kappa shape index (κ1) is 17.0. The van der Waals surface area contributed by atoms with Crippen LogP contribution >= 0.6 is 23.4 Å². The van der Waals surface area contributed by atoms with Crippen LogP contribution in [-0.2, 0) is 9.59 Å². The number of hydrogen-bond acceptors (Lipinski definition) is 4. The van der Waals surface area contributed by atoms with Gasteiger partial charge in [0.1, 0.15) is 5.75 Å². The Labute approximate surface area is 138 Å². The molecule has 1 aliphatic heterocycles. The van der Waals surface area contributed by atoms with Gasteiger partial charge >= 0.3 is 5.97 Å². The Morgan fingerprint density at radius 3 is 2.95 bits per heavy atom. The predicted molar refractivity (Wildman–Crippen MR) is 86.8 cm³/mol. The zero-order valence-electron chi connectivity index (χ0n) is 12.3. The molecule has 22 heavy (non-hydrogen) atoms. The minimum absolute atomic E-state index is 0.0290. The van der Waals surface area contributed by atoms with E-state index in [4.69, 9.17) is 21.4 Å². The Balaban J connectivity index is 1.94. The first-order valence-electron chi connectivity index (χ1n) is 6.95. The van der Waals surface area contributed by atoms with Crippen molar-refractivity contribution in [3.8, 4) is 5.75 Å². The van der Waals surface area contributed by atoms with Crippen LogP contribution in [0.3, 0.4) is 0 Å². The minimum Gasteiger partial charge on any atom is -0.484 e. The van der Waals surface area contributed by atoms with E-state index in [0.29, 0.717) is 23.1 Å². The first-order chi connectivity index (χ1) is 10.5. The van der Waals surface area contributed by atoms with E-state index < -0.39 is 5.97 Å². The number of nitrogens with zero attached hydrogens (tertiary/aromatic N) is 1. The normalized spacial score (nSPS) is 18.1. The monoisotopic (exact) mass is 343 g/mol. The Morgan fingerprint density at radius 2 is 2.27 bits per heavy atom. The second-order valence-electron chi connectivity index (χ2n) is 5.11. The number of thioether (sulfide) groups is 1. The van der Waals surface area contributed by atoms with Gasteiger partial charge in [0.15, 0.2) is 6.61 Å². The number of carboxylic acid groups (broad SMARTS) is 1. The summed E-state index contributed by atoms with van der Waals surface area (Å²) >= 11 is 7.62. The lowest BCUT2D eigenvalue weighted by atomic mass is 10.2. The minimum atomic E-state index is -0.889. The van der Waals surface area contributed by atoms with Gasteiger partial charge in [0.25, 0.3) is 5.91 Å². The molecular formula is C15H18ClNO4S. The van der Waals surface area contributed by atoms with Crippen molar-refractivity contribution in [1.82, 2.24) is 4.90 Å². The van der Waals surface area contributed by atoms with E-state index in [2.05, 4.69) is 0 Å². The highest BCUT2D eigenvalue weighted by atomic mass is 35.5. The largest absolute Gasteiger partial charge is 0.484 e. The van der Waals surface area contributed by atoms with E-state index in [1.54, 1.807) is 34.9 Å². The van der Waals surface area contributed by atoms with E-state index in [9.17, 15) is 9.59 Å². The van der Waals surface area contributed by atoms with E-state index in [-0.39, 0.29) is 25.0 Å². The molecule has 0 spiro atoms. The van der Waals surface area contributed by atoms with Gasteiger partial charge in [-0.3, -0.25) is 9.59 Å². The van der Waals surface area contributed by atoms with Gasteiger partial charge in [-0.1, -0.05) is 11.6 Å². The fraction of sp³-hybridized carbons (Fsp3) is 0.467. The fourth-order valence-corrected chi connectivity index (χ4v) is 3.47. The van der Waals surface area contributed by atoms with E-state index in [0.717, 1.165) is 11.3 Å². The van der Waals surface area contributed by atoms with Gasteiger partial charge in [-0.2, -0.15) is 11.8 Å². The SMILES string of the molecule is Cc1cc(OCC(=O)N2CCSCC2CC(=O)O)ccc1Cl. The van der Waals surface area contributed by atoms with E-state index >= 15 is 0 Å². The number of carbonyl (C=O) groups is 2. The van der Waals surface area contributed by atoms with Crippen molar-refractivity contribution in [2.24, 2.45) is 0 Å². The van der Waals surface area contributed by atoms with Crippen LogP contribution in [0.2, 0.25) is 5.02 Å². The molecule has 1 unspecified atom stereocenters. The molecule has 1 aromatic rings. The zero-order chi connectivity index (χ0) is 16.1. The Kier molecular flexibility index (Phi) is 5.97. The van der Waals surface area contributed by atoms with Crippen LogP contribution in [0, 0.1) is 6.92 Å². The van der Waals surface area contributed by atoms with Gasteiger partial charge in [0, 0.05) is 23.1 Å². The number of benzene rings is 1. The lowest BCUT2D eigenvalue weighted by Crippen LogP contribution is -2.48. The zero-order valence-corrected chi connectivity index (χ0v) is 13.8. The van der Waals surface area contributed by atoms with Crippen LogP contribution in [0.5, 0.6) is 5.75 Å². The molecular weight excluding hydrogens is 326 g/mol. The lowest BCUT2D eigenvalue weighted by Gasteiger charge is -2.34. The highest BCUT2D eigenvalue weighted by Gasteiger charge is 2.28. The van der Waals surface area contributed by atoms with Crippen LogP contribution in [-0.4, -0.2) is 52.6 Å². The maximum Gasteiger partial charge on any atom is 0.305 e. The summed E-state index contributed by atoms with van der Waals surface area (Å²) in [5, 5.41) is 9.59. The molecule has 7 heteroatoms. The summed E-state index contributed by atoms with van der Waals surface area (Å²) < 4.78 is 5.51. The lowest BCUT2D eigenvalue weighted by molar-refractivity contribution is -0.141. The van der Waals surface area contributed by atoms with Gasteiger partial charge < -0.3 is 14.7 Å². The molecule has 0 radical (unpaired) electrons. The summed E-state index contributed by atoms with van der Waals surface area (Å²) in [7, 11) is 0. The summed E-state index contributed by atoms with van der Waals surface area (Å²) in [5.74, 6) is 0.982. The molecule has 1 amide bonds. The number of hydrogen-bond donors (Lipinski definition) is 1. The van der Waals surface area contributed by atoms with Crippen LogP contribution in [0.1, 0.15) is 12.0 Å². The molecule has 120 valence electrons. The molecule has 1 aliphatic rings. The molecule has 1 saturated heterocycles. The Bertz CT molecular complexity index is 566. The van der Waals surface area contributed by atoms with Crippen LogP contribution in [0.15, 0.2) is 18.2 Å². The second-order valence-corrected chi connectivity index (χ2v) is 6.67. The van der Waals surface area contributed by atoms with Crippen molar-refractivity contribution in [3.05, 3.63) is 28.8 Å². The molecule has 1 fully saturated rings. The predicted octanol–water partition coefficient (Wildman–Crippen LogP) is 2.45.